The highest BCUT2D eigenvalue weighted by Crippen LogP contribution is 2.20. The molecular weight excluding hydrogens is 232 g/mol. The molecule has 4 heteroatoms. The van der Waals surface area contributed by atoms with Crippen molar-refractivity contribution in [3.05, 3.63) is 35.4 Å². The molecule has 0 unspecified atom stereocenters. The molecule has 17 heavy (non-hydrogen) atoms. The largest absolute Gasteiger partial charge is 0.295 e. The molecule has 3 nitrogen and oxygen atoms in total. The third-order valence-electron chi connectivity index (χ3n) is 2.03. The van der Waals surface area contributed by atoms with Crippen LogP contribution in [0, 0.1) is 11.3 Å². The molecular formula is C13H18N2OS. The van der Waals surface area contributed by atoms with Gasteiger partial charge >= 0.3 is 0 Å². The number of hydrogen-bond acceptors (Lipinski definition) is 4. The molecule has 0 radical (unpaired) electrons. The Morgan fingerprint density at radius 2 is 2.12 bits per heavy atom. The number of benzene rings is 1. The lowest BCUT2D eigenvalue weighted by Crippen LogP contribution is -2.19. The molecule has 0 saturated carbocycles. The van der Waals surface area contributed by atoms with Gasteiger partial charge in [0.05, 0.1) is 29.5 Å². The van der Waals surface area contributed by atoms with Gasteiger partial charge in [-0.05, 0) is 45.4 Å². The van der Waals surface area contributed by atoms with Crippen LogP contribution in [0.15, 0.2) is 24.3 Å². The van der Waals surface area contributed by atoms with Gasteiger partial charge in [-0.2, -0.15) is 5.26 Å². The maximum atomic E-state index is 8.83. The predicted octanol–water partition coefficient (Wildman–Crippen LogP) is 3.59. The van der Waals surface area contributed by atoms with Crippen LogP contribution >= 0.6 is 12.2 Å². The molecule has 0 aliphatic heterocycles. The Morgan fingerprint density at radius 1 is 1.41 bits per heavy atom. The molecule has 1 atom stereocenters. The van der Waals surface area contributed by atoms with Crippen LogP contribution < -0.4 is 4.72 Å². The third-order valence-corrected chi connectivity index (χ3v) is 3.07. The van der Waals surface area contributed by atoms with Gasteiger partial charge in [0.25, 0.3) is 0 Å². The minimum atomic E-state index is -0.175. The van der Waals surface area contributed by atoms with E-state index in [2.05, 4.69) is 10.8 Å². The van der Waals surface area contributed by atoms with Crippen LogP contribution in [0.25, 0.3) is 0 Å². The minimum absolute atomic E-state index is 0.135. The summed E-state index contributed by atoms with van der Waals surface area (Å²) in [7, 11) is 0. The molecule has 0 heterocycles. The molecule has 92 valence electrons. The first-order valence-corrected chi connectivity index (χ1v) is 6.27. The minimum Gasteiger partial charge on any atom is -0.295 e. The van der Waals surface area contributed by atoms with Crippen LogP contribution in [-0.2, 0) is 4.18 Å². The van der Waals surface area contributed by atoms with E-state index in [9.17, 15) is 0 Å². The highest BCUT2D eigenvalue weighted by molar-refractivity contribution is 7.92. The van der Waals surface area contributed by atoms with Crippen molar-refractivity contribution >= 4 is 12.2 Å². The molecule has 0 aliphatic rings. The quantitative estimate of drug-likeness (QED) is 0.655. The zero-order chi connectivity index (χ0) is 12.9. The fourth-order valence-corrected chi connectivity index (χ4v) is 1.75. The first-order valence-electron chi connectivity index (χ1n) is 5.52. The average Bonchev–Trinajstić information content (AvgIpc) is 2.27. The van der Waals surface area contributed by atoms with Crippen LogP contribution in [0.5, 0.6) is 0 Å². The monoisotopic (exact) mass is 250 g/mol. The summed E-state index contributed by atoms with van der Waals surface area (Å²) in [4.78, 5) is 0. The lowest BCUT2D eigenvalue weighted by Gasteiger charge is -2.20. The van der Waals surface area contributed by atoms with E-state index in [4.69, 9.17) is 9.44 Å². The normalized spacial score (nSPS) is 13.1. The first-order chi connectivity index (χ1) is 7.92. The zero-order valence-corrected chi connectivity index (χ0v) is 11.5. The van der Waals surface area contributed by atoms with Gasteiger partial charge in [-0.1, -0.05) is 12.1 Å². The Labute approximate surface area is 108 Å². The van der Waals surface area contributed by atoms with E-state index < -0.39 is 0 Å². The SMILES string of the molecule is C[C@H](NSOC(C)(C)C)c1cccc(C#N)c1. The average molecular weight is 250 g/mol. The summed E-state index contributed by atoms with van der Waals surface area (Å²) in [6.07, 6.45) is 0. The van der Waals surface area contributed by atoms with Crippen molar-refractivity contribution in [2.75, 3.05) is 0 Å². The second kappa shape index (κ2) is 6.06. The summed E-state index contributed by atoms with van der Waals surface area (Å²) in [5, 5.41) is 8.83. The van der Waals surface area contributed by atoms with Crippen LogP contribution in [0.1, 0.15) is 44.9 Å². The lowest BCUT2D eigenvalue weighted by molar-refractivity contribution is 0.162. The molecule has 1 N–H and O–H groups in total. The Hall–Kier alpha value is -1.02. The van der Waals surface area contributed by atoms with Crippen molar-refractivity contribution in [2.24, 2.45) is 0 Å². The van der Waals surface area contributed by atoms with E-state index >= 15 is 0 Å². The topological polar surface area (TPSA) is 45.0 Å². The number of nitriles is 1. The summed E-state index contributed by atoms with van der Waals surface area (Å²) in [5.41, 5.74) is 1.58. The highest BCUT2D eigenvalue weighted by Gasteiger charge is 2.12. The van der Waals surface area contributed by atoms with Gasteiger partial charge in [0.1, 0.15) is 0 Å². The Bertz CT molecular complexity index is 407. The zero-order valence-electron chi connectivity index (χ0n) is 10.7. The van der Waals surface area contributed by atoms with Crippen molar-refractivity contribution in [1.29, 1.82) is 5.26 Å². The maximum absolute atomic E-state index is 8.83. The molecule has 0 saturated heterocycles. The molecule has 1 aromatic carbocycles. The Kier molecular flexibility index (Phi) is 5.01. The Morgan fingerprint density at radius 3 is 2.71 bits per heavy atom. The van der Waals surface area contributed by atoms with Gasteiger partial charge in [-0.3, -0.25) is 4.18 Å². The number of nitrogens with zero attached hydrogens (tertiary/aromatic N) is 1. The van der Waals surface area contributed by atoms with Crippen LogP contribution in [-0.4, -0.2) is 5.60 Å². The third kappa shape index (κ3) is 5.22. The fraction of sp³-hybridized carbons (Fsp3) is 0.462. The van der Waals surface area contributed by atoms with Crippen LogP contribution in [0.2, 0.25) is 0 Å². The smallest absolute Gasteiger partial charge is 0.0991 e. The standard InChI is InChI=1S/C13H18N2OS/c1-10(15-17-16-13(2,3)4)12-7-5-6-11(8-12)9-14/h5-8,10,15H,1-4H3/t10-/m0/s1. The molecule has 0 bridgehead atoms. The molecule has 0 aliphatic carbocycles. The van der Waals surface area contributed by atoms with Gasteiger partial charge < -0.3 is 0 Å². The van der Waals surface area contributed by atoms with Gasteiger partial charge in [0.2, 0.25) is 0 Å². The van der Waals surface area contributed by atoms with Crippen LogP contribution in [0.4, 0.5) is 0 Å². The van der Waals surface area contributed by atoms with Gasteiger partial charge in [0.15, 0.2) is 0 Å². The second-order valence-electron chi connectivity index (χ2n) is 4.86. The number of nitrogens with one attached hydrogen (secondary N) is 1. The molecule has 0 spiro atoms. The molecule has 1 aromatic rings. The summed E-state index contributed by atoms with van der Waals surface area (Å²) >= 11 is 1.24. The summed E-state index contributed by atoms with van der Waals surface area (Å²) in [5.74, 6) is 0. The van der Waals surface area contributed by atoms with E-state index in [0.29, 0.717) is 5.56 Å². The molecule has 0 aromatic heterocycles. The number of hydrogen-bond donors (Lipinski definition) is 1. The summed E-state index contributed by atoms with van der Waals surface area (Å²) in [6.45, 7) is 8.05. The fourth-order valence-electron chi connectivity index (χ4n) is 1.17. The van der Waals surface area contributed by atoms with Crippen molar-refractivity contribution in [1.82, 2.24) is 4.72 Å². The van der Waals surface area contributed by atoms with Crippen molar-refractivity contribution < 1.29 is 4.18 Å². The molecule has 1 rings (SSSR count). The molecule has 0 fully saturated rings. The summed E-state index contributed by atoms with van der Waals surface area (Å²) in [6, 6.07) is 9.84. The highest BCUT2D eigenvalue weighted by atomic mass is 32.2. The van der Waals surface area contributed by atoms with Gasteiger partial charge in [-0.25, -0.2) is 4.72 Å². The second-order valence-corrected chi connectivity index (χ2v) is 5.42. The van der Waals surface area contributed by atoms with Crippen molar-refractivity contribution in [3.8, 4) is 6.07 Å². The maximum Gasteiger partial charge on any atom is 0.0991 e. The predicted molar refractivity (Wildman–Crippen MR) is 71.1 cm³/mol. The van der Waals surface area contributed by atoms with Gasteiger partial charge in [0, 0.05) is 6.04 Å². The van der Waals surface area contributed by atoms with E-state index in [-0.39, 0.29) is 11.6 Å². The van der Waals surface area contributed by atoms with Crippen molar-refractivity contribution in [3.63, 3.8) is 0 Å². The van der Waals surface area contributed by atoms with Crippen LogP contribution in [0.3, 0.4) is 0 Å². The molecule has 0 amide bonds. The summed E-state index contributed by atoms with van der Waals surface area (Å²) < 4.78 is 8.71. The van der Waals surface area contributed by atoms with Gasteiger partial charge in [-0.15, -0.1) is 0 Å². The van der Waals surface area contributed by atoms with E-state index in [1.807, 2.05) is 45.9 Å². The Balaban J connectivity index is 2.52. The van der Waals surface area contributed by atoms with E-state index in [1.54, 1.807) is 6.07 Å². The lowest BCUT2D eigenvalue weighted by atomic mass is 10.1. The van der Waals surface area contributed by atoms with E-state index in [1.165, 1.54) is 12.2 Å². The number of rotatable bonds is 4. The van der Waals surface area contributed by atoms with E-state index in [0.717, 1.165) is 5.56 Å². The first kappa shape index (κ1) is 14.0. The van der Waals surface area contributed by atoms with Crippen molar-refractivity contribution in [2.45, 2.75) is 39.3 Å².